The quantitative estimate of drug-likeness (QED) is 0.854. The number of nitrogens with zero attached hydrogens (tertiary/aromatic N) is 1. The fourth-order valence-electron chi connectivity index (χ4n) is 2.50. The molecule has 1 amide bonds. The van der Waals surface area contributed by atoms with Crippen LogP contribution in [0.25, 0.3) is 10.2 Å². The largest absolute Gasteiger partial charge is 0.481 e. The molecule has 0 spiro atoms. The average Bonchev–Trinajstić information content (AvgIpc) is 2.89. The van der Waals surface area contributed by atoms with Gasteiger partial charge in [-0.05, 0) is 25.0 Å². The average molecular weight is 302 g/mol. The van der Waals surface area contributed by atoms with Gasteiger partial charge >= 0.3 is 5.97 Å². The molecule has 0 saturated heterocycles. The lowest BCUT2D eigenvalue weighted by Gasteiger charge is -2.23. The van der Waals surface area contributed by atoms with Crippen molar-refractivity contribution < 1.29 is 14.7 Å². The second-order valence-corrected chi connectivity index (χ2v) is 6.00. The van der Waals surface area contributed by atoms with Gasteiger partial charge in [0, 0.05) is 0 Å². The summed E-state index contributed by atoms with van der Waals surface area (Å²) in [5, 5.41) is 12.5. The minimum Gasteiger partial charge on any atom is -0.481 e. The van der Waals surface area contributed by atoms with Crippen molar-refractivity contribution in [2.75, 3.05) is 5.32 Å². The monoisotopic (exact) mass is 302 g/mol. The number of thiazole rings is 1. The van der Waals surface area contributed by atoms with E-state index in [1.807, 2.05) is 36.4 Å². The maximum atomic E-state index is 12.3. The van der Waals surface area contributed by atoms with Crippen molar-refractivity contribution in [1.82, 2.24) is 4.98 Å². The number of carbonyl (C=O) groups is 2. The topological polar surface area (TPSA) is 79.3 Å². The Balaban J connectivity index is 1.78. The number of carboxylic acids is 1. The molecule has 21 heavy (non-hydrogen) atoms. The van der Waals surface area contributed by atoms with Crippen molar-refractivity contribution >= 4 is 38.6 Å². The zero-order valence-corrected chi connectivity index (χ0v) is 12.0. The zero-order valence-electron chi connectivity index (χ0n) is 11.2. The maximum absolute atomic E-state index is 12.3. The number of para-hydroxylation sites is 1. The van der Waals surface area contributed by atoms with Crippen LogP contribution in [-0.2, 0) is 9.59 Å². The number of fused-ring (bicyclic) bond motifs is 1. The predicted molar refractivity (Wildman–Crippen MR) is 81.2 cm³/mol. The van der Waals surface area contributed by atoms with E-state index in [-0.39, 0.29) is 5.91 Å². The summed E-state index contributed by atoms with van der Waals surface area (Å²) in [7, 11) is 0. The van der Waals surface area contributed by atoms with Crippen LogP contribution in [0.1, 0.15) is 12.8 Å². The number of nitrogens with one attached hydrogen (secondary N) is 1. The minimum atomic E-state index is -0.927. The summed E-state index contributed by atoms with van der Waals surface area (Å²) in [4.78, 5) is 27.9. The van der Waals surface area contributed by atoms with Crippen LogP contribution in [0.3, 0.4) is 0 Å². The second kappa shape index (κ2) is 5.65. The predicted octanol–water partition coefficient (Wildman–Crippen LogP) is 2.90. The molecule has 108 valence electrons. The first-order valence-electron chi connectivity index (χ1n) is 6.69. The van der Waals surface area contributed by atoms with Crippen molar-refractivity contribution in [2.24, 2.45) is 11.8 Å². The second-order valence-electron chi connectivity index (χ2n) is 4.97. The van der Waals surface area contributed by atoms with Crippen LogP contribution in [0, 0.1) is 11.8 Å². The normalized spacial score (nSPS) is 21.3. The number of anilines is 1. The summed E-state index contributed by atoms with van der Waals surface area (Å²) in [5.74, 6) is -2.40. The van der Waals surface area contributed by atoms with E-state index in [0.717, 1.165) is 10.2 Å². The molecule has 1 aromatic heterocycles. The summed E-state index contributed by atoms with van der Waals surface area (Å²) < 4.78 is 0.992. The highest BCUT2D eigenvalue weighted by atomic mass is 32.1. The lowest BCUT2D eigenvalue weighted by Crippen LogP contribution is -2.34. The molecule has 1 aliphatic carbocycles. The van der Waals surface area contributed by atoms with Gasteiger partial charge in [0.1, 0.15) is 0 Å². The Bertz CT molecular complexity index is 690. The Labute approximate surface area is 125 Å². The number of aromatic nitrogens is 1. The SMILES string of the molecule is O=C(Nc1nc2ccccc2s1)[C@H]1CC=CC[C@H]1C(=O)O. The van der Waals surface area contributed by atoms with Crippen LogP contribution in [0.2, 0.25) is 0 Å². The van der Waals surface area contributed by atoms with Gasteiger partial charge < -0.3 is 10.4 Å². The third kappa shape index (κ3) is 2.80. The maximum Gasteiger partial charge on any atom is 0.307 e. The smallest absolute Gasteiger partial charge is 0.307 e. The molecule has 5 nitrogen and oxygen atoms in total. The molecule has 1 aromatic carbocycles. The van der Waals surface area contributed by atoms with E-state index in [9.17, 15) is 14.7 Å². The van der Waals surface area contributed by atoms with Crippen molar-refractivity contribution in [2.45, 2.75) is 12.8 Å². The van der Waals surface area contributed by atoms with E-state index in [2.05, 4.69) is 10.3 Å². The van der Waals surface area contributed by atoms with Gasteiger partial charge in [0.15, 0.2) is 5.13 Å². The lowest BCUT2D eigenvalue weighted by atomic mass is 9.82. The highest BCUT2D eigenvalue weighted by Crippen LogP contribution is 2.29. The summed E-state index contributed by atoms with van der Waals surface area (Å²) in [6, 6.07) is 7.62. The fourth-order valence-corrected chi connectivity index (χ4v) is 3.37. The van der Waals surface area contributed by atoms with Gasteiger partial charge in [-0.25, -0.2) is 4.98 Å². The van der Waals surface area contributed by atoms with Gasteiger partial charge in [0.25, 0.3) is 0 Å². The van der Waals surface area contributed by atoms with E-state index < -0.39 is 17.8 Å². The van der Waals surface area contributed by atoms with Gasteiger partial charge in [0.05, 0.1) is 22.1 Å². The first-order valence-corrected chi connectivity index (χ1v) is 7.51. The molecule has 0 aliphatic heterocycles. The van der Waals surface area contributed by atoms with E-state index in [4.69, 9.17) is 0 Å². The molecule has 6 heteroatoms. The number of rotatable bonds is 3. The van der Waals surface area contributed by atoms with Crippen molar-refractivity contribution in [3.8, 4) is 0 Å². The van der Waals surface area contributed by atoms with Crippen molar-refractivity contribution in [3.05, 3.63) is 36.4 Å². The molecule has 0 radical (unpaired) electrons. The molecule has 1 heterocycles. The summed E-state index contributed by atoms with van der Waals surface area (Å²) in [6.45, 7) is 0. The zero-order chi connectivity index (χ0) is 14.8. The highest BCUT2D eigenvalue weighted by Gasteiger charge is 2.34. The molecule has 3 rings (SSSR count). The Morgan fingerprint density at radius 3 is 2.62 bits per heavy atom. The first-order chi connectivity index (χ1) is 10.1. The van der Waals surface area contributed by atoms with Crippen LogP contribution in [0.4, 0.5) is 5.13 Å². The number of carboxylic acid groups (broad SMARTS) is 1. The Morgan fingerprint density at radius 2 is 1.90 bits per heavy atom. The van der Waals surface area contributed by atoms with Crippen LogP contribution in [-0.4, -0.2) is 22.0 Å². The van der Waals surface area contributed by atoms with Gasteiger partial charge in [-0.3, -0.25) is 9.59 Å². The van der Waals surface area contributed by atoms with E-state index >= 15 is 0 Å². The molecule has 0 saturated carbocycles. The summed E-state index contributed by atoms with van der Waals surface area (Å²) in [6.07, 6.45) is 4.53. The van der Waals surface area contributed by atoms with E-state index in [0.29, 0.717) is 18.0 Å². The van der Waals surface area contributed by atoms with Crippen LogP contribution in [0.15, 0.2) is 36.4 Å². The van der Waals surface area contributed by atoms with Gasteiger partial charge in [0.2, 0.25) is 5.91 Å². The van der Waals surface area contributed by atoms with Crippen LogP contribution >= 0.6 is 11.3 Å². The fraction of sp³-hybridized carbons (Fsp3) is 0.267. The Kier molecular flexibility index (Phi) is 3.70. The number of hydrogen-bond donors (Lipinski definition) is 2. The molecule has 1 aliphatic rings. The number of benzene rings is 1. The van der Waals surface area contributed by atoms with E-state index in [1.54, 1.807) is 0 Å². The number of aliphatic carboxylic acids is 1. The highest BCUT2D eigenvalue weighted by molar-refractivity contribution is 7.22. The van der Waals surface area contributed by atoms with E-state index in [1.165, 1.54) is 11.3 Å². The Hall–Kier alpha value is -2.21. The minimum absolute atomic E-state index is 0.272. The molecule has 0 unspecified atom stereocenters. The van der Waals surface area contributed by atoms with Crippen molar-refractivity contribution in [3.63, 3.8) is 0 Å². The molecular formula is C15H14N2O3S. The standard InChI is InChI=1S/C15H14N2O3S/c18-13(9-5-1-2-6-10(9)14(19)20)17-15-16-11-7-3-4-8-12(11)21-15/h1-4,7-10H,5-6H2,(H,19,20)(H,16,17,18)/t9-,10+/m0/s1. The number of carbonyl (C=O) groups excluding carboxylic acids is 1. The third-order valence-electron chi connectivity index (χ3n) is 3.61. The molecule has 0 bridgehead atoms. The van der Waals surface area contributed by atoms with Gasteiger partial charge in [-0.1, -0.05) is 35.6 Å². The van der Waals surface area contributed by atoms with Gasteiger partial charge in [-0.15, -0.1) is 0 Å². The summed E-state index contributed by atoms with van der Waals surface area (Å²) >= 11 is 1.39. The molecule has 2 aromatic rings. The van der Waals surface area contributed by atoms with Crippen LogP contribution < -0.4 is 5.32 Å². The molecular weight excluding hydrogens is 288 g/mol. The van der Waals surface area contributed by atoms with Crippen molar-refractivity contribution in [1.29, 1.82) is 0 Å². The third-order valence-corrected chi connectivity index (χ3v) is 4.56. The molecule has 2 N–H and O–H groups in total. The first kappa shape index (κ1) is 13.8. The number of hydrogen-bond acceptors (Lipinski definition) is 4. The van der Waals surface area contributed by atoms with Crippen LogP contribution in [0.5, 0.6) is 0 Å². The Morgan fingerprint density at radius 1 is 1.19 bits per heavy atom. The molecule has 2 atom stereocenters. The lowest BCUT2D eigenvalue weighted by molar-refractivity contribution is -0.146. The summed E-state index contributed by atoms with van der Waals surface area (Å²) in [5.41, 5.74) is 0.830. The number of amides is 1. The molecule has 0 fully saturated rings. The number of allylic oxidation sites excluding steroid dienone is 2. The van der Waals surface area contributed by atoms with Gasteiger partial charge in [-0.2, -0.15) is 0 Å².